The Morgan fingerprint density at radius 2 is 1.65 bits per heavy atom. The largest absolute Gasteiger partial charge is 0.389 e. The number of ether oxygens (including phenoxy) is 1. The lowest BCUT2D eigenvalue weighted by Gasteiger charge is -2.19. The van der Waals surface area contributed by atoms with Gasteiger partial charge in [-0.2, -0.15) is 0 Å². The fourth-order valence-electron chi connectivity index (χ4n) is 2.19. The summed E-state index contributed by atoms with van der Waals surface area (Å²) >= 11 is 0. The first-order valence-electron chi connectivity index (χ1n) is 7.46. The van der Waals surface area contributed by atoms with Gasteiger partial charge in [0.25, 0.3) is 0 Å². The number of benzene rings is 1. The van der Waals surface area contributed by atoms with Gasteiger partial charge in [0.2, 0.25) is 0 Å². The molecule has 0 amide bonds. The summed E-state index contributed by atoms with van der Waals surface area (Å²) in [6.07, 6.45) is -0.456. The molecule has 0 aromatic heterocycles. The molecule has 0 aliphatic rings. The lowest BCUT2D eigenvalue weighted by atomic mass is 10.0. The summed E-state index contributed by atoms with van der Waals surface area (Å²) in [5, 5.41) is 13.2. The molecule has 3 heteroatoms. The van der Waals surface area contributed by atoms with Crippen molar-refractivity contribution in [2.45, 2.75) is 46.8 Å². The molecule has 0 radical (unpaired) electrons. The van der Waals surface area contributed by atoms with E-state index < -0.39 is 6.10 Å². The predicted molar refractivity (Wildman–Crippen MR) is 84.0 cm³/mol. The van der Waals surface area contributed by atoms with Gasteiger partial charge in [-0.3, -0.25) is 0 Å². The van der Waals surface area contributed by atoms with Crippen molar-refractivity contribution < 1.29 is 9.84 Å². The van der Waals surface area contributed by atoms with Crippen LogP contribution >= 0.6 is 0 Å². The Balaban J connectivity index is 2.36. The molecule has 2 unspecified atom stereocenters. The van der Waals surface area contributed by atoms with Crippen molar-refractivity contribution in [1.29, 1.82) is 0 Å². The van der Waals surface area contributed by atoms with E-state index in [-0.39, 0.29) is 6.04 Å². The standard InChI is InChI=1S/C17H29NO2/c1-12(2)10-20-11-17(19)9-18-15(5)16-7-13(3)6-14(4)8-16/h6-8,12,15,17-19H,9-11H2,1-5H3. The van der Waals surface area contributed by atoms with E-state index in [0.29, 0.717) is 25.7 Å². The second kappa shape index (κ2) is 8.40. The van der Waals surface area contributed by atoms with E-state index in [1.54, 1.807) is 0 Å². The third-order valence-electron chi connectivity index (χ3n) is 3.17. The highest BCUT2D eigenvalue weighted by atomic mass is 16.5. The first-order valence-corrected chi connectivity index (χ1v) is 7.46. The summed E-state index contributed by atoms with van der Waals surface area (Å²) in [5.74, 6) is 0.504. The van der Waals surface area contributed by atoms with Gasteiger partial charge in [0, 0.05) is 19.2 Å². The Hall–Kier alpha value is -0.900. The van der Waals surface area contributed by atoms with Crippen LogP contribution in [-0.4, -0.2) is 31.0 Å². The lowest BCUT2D eigenvalue weighted by Crippen LogP contribution is -2.32. The molecule has 0 aliphatic heterocycles. The van der Waals surface area contributed by atoms with E-state index in [1.165, 1.54) is 16.7 Å². The summed E-state index contributed by atoms with van der Waals surface area (Å²) in [6.45, 7) is 12.2. The summed E-state index contributed by atoms with van der Waals surface area (Å²) in [4.78, 5) is 0. The first-order chi connectivity index (χ1) is 9.38. The highest BCUT2D eigenvalue weighted by Gasteiger charge is 2.10. The van der Waals surface area contributed by atoms with E-state index in [1.807, 2.05) is 0 Å². The number of rotatable bonds is 8. The zero-order chi connectivity index (χ0) is 15.1. The molecule has 1 rings (SSSR count). The lowest BCUT2D eigenvalue weighted by molar-refractivity contribution is 0.0252. The fourth-order valence-corrected chi connectivity index (χ4v) is 2.19. The summed E-state index contributed by atoms with van der Waals surface area (Å²) in [7, 11) is 0. The molecule has 3 nitrogen and oxygen atoms in total. The minimum atomic E-state index is -0.456. The SMILES string of the molecule is Cc1cc(C)cc(C(C)NCC(O)COCC(C)C)c1. The summed E-state index contributed by atoms with van der Waals surface area (Å²) in [6, 6.07) is 6.78. The Labute approximate surface area is 123 Å². The molecule has 2 atom stereocenters. The number of hydrogen-bond donors (Lipinski definition) is 2. The molecule has 0 saturated carbocycles. The van der Waals surface area contributed by atoms with Gasteiger partial charge in [0.15, 0.2) is 0 Å². The zero-order valence-corrected chi connectivity index (χ0v) is 13.4. The fraction of sp³-hybridized carbons (Fsp3) is 0.647. The topological polar surface area (TPSA) is 41.5 Å². The van der Waals surface area contributed by atoms with Crippen LogP contribution in [0.5, 0.6) is 0 Å². The average molecular weight is 279 g/mol. The number of aliphatic hydroxyl groups is 1. The second-order valence-electron chi connectivity index (χ2n) is 6.14. The van der Waals surface area contributed by atoms with Crippen molar-refractivity contribution in [2.75, 3.05) is 19.8 Å². The molecule has 1 aromatic carbocycles. The van der Waals surface area contributed by atoms with Crippen LogP contribution < -0.4 is 5.32 Å². The molecule has 0 fully saturated rings. The molecule has 0 heterocycles. The number of nitrogens with one attached hydrogen (secondary N) is 1. The minimum absolute atomic E-state index is 0.230. The van der Waals surface area contributed by atoms with Crippen LogP contribution in [0, 0.1) is 19.8 Å². The maximum atomic E-state index is 9.88. The van der Waals surface area contributed by atoms with Crippen LogP contribution in [-0.2, 0) is 4.74 Å². The minimum Gasteiger partial charge on any atom is -0.389 e. The van der Waals surface area contributed by atoms with Crippen molar-refractivity contribution >= 4 is 0 Å². The van der Waals surface area contributed by atoms with Gasteiger partial charge in [-0.15, -0.1) is 0 Å². The molecule has 0 aliphatic carbocycles. The molecule has 2 N–H and O–H groups in total. The van der Waals surface area contributed by atoms with Crippen molar-refractivity contribution in [3.63, 3.8) is 0 Å². The van der Waals surface area contributed by atoms with Gasteiger partial charge in [-0.25, -0.2) is 0 Å². The molecule has 0 spiro atoms. The van der Waals surface area contributed by atoms with Gasteiger partial charge in [-0.05, 0) is 32.3 Å². The van der Waals surface area contributed by atoms with Gasteiger partial charge >= 0.3 is 0 Å². The molecule has 114 valence electrons. The van der Waals surface area contributed by atoms with E-state index in [0.717, 1.165) is 0 Å². The summed E-state index contributed by atoms with van der Waals surface area (Å²) < 4.78 is 5.44. The van der Waals surface area contributed by atoms with Crippen LogP contribution in [0.25, 0.3) is 0 Å². The third kappa shape index (κ3) is 6.51. The molecule has 20 heavy (non-hydrogen) atoms. The second-order valence-corrected chi connectivity index (χ2v) is 6.14. The normalized spacial score (nSPS) is 14.6. The Kier molecular flexibility index (Phi) is 7.20. The quantitative estimate of drug-likeness (QED) is 0.768. The van der Waals surface area contributed by atoms with Crippen LogP contribution in [0.2, 0.25) is 0 Å². The third-order valence-corrected chi connectivity index (χ3v) is 3.17. The monoisotopic (exact) mass is 279 g/mol. The van der Waals surface area contributed by atoms with Crippen LogP contribution in [0.15, 0.2) is 18.2 Å². The molecule has 0 bridgehead atoms. The molecular weight excluding hydrogens is 250 g/mol. The van der Waals surface area contributed by atoms with Crippen molar-refractivity contribution in [3.8, 4) is 0 Å². The van der Waals surface area contributed by atoms with Crippen molar-refractivity contribution in [3.05, 3.63) is 34.9 Å². The van der Waals surface area contributed by atoms with Crippen LogP contribution in [0.3, 0.4) is 0 Å². The highest BCUT2D eigenvalue weighted by molar-refractivity contribution is 5.30. The van der Waals surface area contributed by atoms with Gasteiger partial charge < -0.3 is 15.2 Å². The van der Waals surface area contributed by atoms with Gasteiger partial charge in [0.1, 0.15) is 0 Å². The maximum absolute atomic E-state index is 9.88. The van der Waals surface area contributed by atoms with Crippen molar-refractivity contribution in [1.82, 2.24) is 5.32 Å². The maximum Gasteiger partial charge on any atom is 0.0897 e. The Morgan fingerprint density at radius 1 is 1.05 bits per heavy atom. The summed E-state index contributed by atoms with van der Waals surface area (Å²) in [5.41, 5.74) is 3.81. The highest BCUT2D eigenvalue weighted by Crippen LogP contribution is 2.16. The van der Waals surface area contributed by atoms with E-state index >= 15 is 0 Å². The predicted octanol–water partition coefficient (Wildman–Crippen LogP) is 2.99. The van der Waals surface area contributed by atoms with Crippen molar-refractivity contribution in [2.24, 2.45) is 5.92 Å². The van der Waals surface area contributed by atoms with Crippen LogP contribution in [0.1, 0.15) is 43.5 Å². The Bertz CT molecular complexity index is 384. The molecule has 1 aromatic rings. The Morgan fingerprint density at radius 3 is 2.20 bits per heavy atom. The van der Waals surface area contributed by atoms with E-state index in [4.69, 9.17) is 4.74 Å². The van der Waals surface area contributed by atoms with Crippen LogP contribution in [0.4, 0.5) is 0 Å². The van der Waals surface area contributed by atoms with Gasteiger partial charge in [0.05, 0.1) is 12.7 Å². The smallest absolute Gasteiger partial charge is 0.0897 e. The average Bonchev–Trinajstić information content (AvgIpc) is 2.34. The van der Waals surface area contributed by atoms with Gasteiger partial charge in [-0.1, -0.05) is 43.2 Å². The van der Waals surface area contributed by atoms with E-state index in [9.17, 15) is 5.11 Å². The van der Waals surface area contributed by atoms with E-state index in [2.05, 4.69) is 58.1 Å². The number of hydrogen-bond acceptors (Lipinski definition) is 3. The number of aliphatic hydroxyl groups excluding tert-OH is 1. The first kappa shape index (κ1) is 17.2. The number of aryl methyl sites for hydroxylation is 2. The molecule has 0 saturated heterocycles. The molecular formula is C17H29NO2. The zero-order valence-electron chi connectivity index (χ0n) is 13.4.